The highest BCUT2D eigenvalue weighted by Crippen LogP contribution is 2.09. The minimum Gasteiger partial charge on any atom is -0.355 e. The predicted molar refractivity (Wildman–Crippen MR) is 109 cm³/mol. The summed E-state index contributed by atoms with van der Waals surface area (Å²) in [4.78, 5) is 4.70. The van der Waals surface area contributed by atoms with Crippen LogP contribution in [0.15, 0.2) is 40.5 Å². The fourth-order valence-corrected chi connectivity index (χ4v) is 2.99. The molecule has 10 heteroatoms. The topological polar surface area (TPSA) is 127 Å². The number of sulfonamides is 1. The molecule has 0 fully saturated rings. The molecule has 2 rings (SSSR count). The summed E-state index contributed by atoms with van der Waals surface area (Å²) < 4.78 is 24.7. The van der Waals surface area contributed by atoms with Gasteiger partial charge in [-0.15, -0.1) is 10.2 Å². The van der Waals surface area contributed by atoms with E-state index in [9.17, 15) is 8.42 Å². The van der Waals surface area contributed by atoms with Crippen LogP contribution in [0.5, 0.6) is 0 Å². The van der Waals surface area contributed by atoms with E-state index in [0.29, 0.717) is 19.0 Å². The Hall–Kier alpha value is -2.46. The normalized spacial score (nSPS) is 13.4. The number of primary sulfonamides is 1. The molecule has 4 N–H and O–H groups in total. The van der Waals surface area contributed by atoms with E-state index in [1.807, 2.05) is 11.5 Å². The number of aromatic nitrogens is 3. The predicted octanol–water partition coefficient (Wildman–Crippen LogP) is 1.02. The zero-order chi connectivity index (χ0) is 20.6. The minimum atomic E-state index is -3.68. The highest BCUT2D eigenvalue weighted by molar-refractivity contribution is 7.89. The molecule has 28 heavy (non-hydrogen) atoms. The van der Waals surface area contributed by atoms with Crippen LogP contribution in [-0.4, -0.2) is 41.7 Å². The lowest BCUT2D eigenvalue weighted by Gasteiger charge is -2.17. The third kappa shape index (κ3) is 6.61. The standard InChI is InChI=1S/C18H29N7O2S/c1-4-14(3)23-18(20-10-11-25-13-22-24-17(25)5-2)21-12-15-6-8-16(9-7-15)28(19,26)27/h6-9,13-14H,4-5,10-12H2,1-3H3,(H2,19,26,27)(H2,20,21,23). The lowest BCUT2D eigenvalue weighted by Crippen LogP contribution is -2.43. The van der Waals surface area contributed by atoms with E-state index in [1.54, 1.807) is 18.5 Å². The van der Waals surface area contributed by atoms with Crippen LogP contribution in [0.25, 0.3) is 0 Å². The number of benzene rings is 1. The summed E-state index contributed by atoms with van der Waals surface area (Å²) in [5.74, 6) is 1.65. The van der Waals surface area contributed by atoms with Crippen molar-refractivity contribution in [2.45, 2.75) is 57.6 Å². The fourth-order valence-electron chi connectivity index (χ4n) is 2.48. The molecule has 1 heterocycles. The van der Waals surface area contributed by atoms with Crippen molar-refractivity contribution in [2.24, 2.45) is 10.1 Å². The second kappa shape index (κ2) is 10.2. The van der Waals surface area contributed by atoms with Crippen molar-refractivity contribution in [3.8, 4) is 0 Å². The summed E-state index contributed by atoms with van der Waals surface area (Å²) in [5.41, 5.74) is 0.893. The number of aliphatic imine (C=N–C) groups is 1. The van der Waals surface area contributed by atoms with Crippen LogP contribution in [0, 0.1) is 0 Å². The Kier molecular flexibility index (Phi) is 7.94. The Morgan fingerprint density at radius 1 is 1.29 bits per heavy atom. The molecule has 0 bridgehead atoms. The van der Waals surface area contributed by atoms with Gasteiger partial charge in [-0.1, -0.05) is 26.0 Å². The summed E-state index contributed by atoms with van der Waals surface area (Å²) in [5, 5.41) is 19.8. The van der Waals surface area contributed by atoms with Crippen LogP contribution >= 0.6 is 0 Å². The van der Waals surface area contributed by atoms with Gasteiger partial charge < -0.3 is 15.2 Å². The zero-order valence-corrected chi connectivity index (χ0v) is 17.4. The first-order valence-electron chi connectivity index (χ1n) is 9.36. The van der Waals surface area contributed by atoms with Crippen molar-refractivity contribution in [3.05, 3.63) is 42.0 Å². The number of hydrogen-bond donors (Lipinski definition) is 3. The summed E-state index contributed by atoms with van der Waals surface area (Å²) in [7, 11) is -3.68. The van der Waals surface area contributed by atoms with Gasteiger partial charge >= 0.3 is 0 Å². The number of aryl methyl sites for hydroxylation is 1. The maximum Gasteiger partial charge on any atom is 0.238 e. The molecule has 1 atom stereocenters. The molecule has 0 aliphatic heterocycles. The van der Waals surface area contributed by atoms with Gasteiger partial charge in [0.2, 0.25) is 10.0 Å². The van der Waals surface area contributed by atoms with E-state index >= 15 is 0 Å². The second-order valence-electron chi connectivity index (χ2n) is 6.53. The molecule has 0 saturated heterocycles. The van der Waals surface area contributed by atoms with E-state index < -0.39 is 10.0 Å². The molecule has 1 unspecified atom stereocenters. The smallest absolute Gasteiger partial charge is 0.238 e. The van der Waals surface area contributed by atoms with Gasteiger partial charge in [-0.2, -0.15) is 0 Å². The van der Waals surface area contributed by atoms with Gasteiger partial charge in [0.1, 0.15) is 12.2 Å². The lowest BCUT2D eigenvalue weighted by atomic mass is 10.2. The van der Waals surface area contributed by atoms with E-state index in [2.05, 4.69) is 39.7 Å². The molecular weight excluding hydrogens is 378 g/mol. The molecule has 0 aliphatic rings. The first-order valence-corrected chi connectivity index (χ1v) is 10.9. The maximum absolute atomic E-state index is 11.3. The van der Waals surface area contributed by atoms with Gasteiger partial charge in [-0.3, -0.25) is 0 Å². The first kappa shape index (κ1) is 21.8. The molecule has 0 aliphatic carbocycles. The second-order valence-corrected chi connectivity index (χ2v) is 8.09. The Morgan fingerprint density at radius 2 is 2.00 bits per heavy atom. The molecule has 2 aromatic rings. The van der Waals surface area contributed by atoms with Crippen LogP contribution < -0.4 is 15.8 Å². The Morgan fingerprint density at radius 3 is 2.61 bits per heavy atom. The van der Waals surface area contributed by atoms with Crippen LogP contribution in [0.2, 0.25) is 0 Å². The number of hydrogen-bond acceptors (Lipinski definition) is 5. The number of nitrogens with one attached hydrogen (secondary N) is 2. The summed E-state index contributed by atoms with van der Waals surface area (Å²) in [6.45, 7) is 8.08. The number of rotatable bonds is 9. The average Bonchev–Trinajstić information content (AvgIpc) is 3.13. The molecule has 9 nitrogen and oxygen atoms in total. The van der Waals surface area contributed by atoms with E-state index in [1.165, 1.54) is 12.1 Å². The van der Waals surface area contributed by atoms with Gasteiger partial charge in [0.05, 0.1) is 11.4 Å². The Bertz CT molecular complexity index is 876. The van der Waals surface area contributed by atoms with Crippen molar-refractivity contribution < 1.29 is 8.42 Å². The van der Waals surface area contributed by atoms with Gasteiger partial charge in [0.25, 0.3) is 0 Å². The highest BCUT2D eigenvalue weighted by Gasteiger charge is 2.08. The van der Waals surface area contributed by atoms with E-state index in [0.717, 1.165) is 30.8 Å². The molecule has 0 spiro atoms. The molecule has 1 aromatic heterocycles. The monoisotopic (exact) mass is 407 g/mol. The highest BCUT2D eigenvalue weighted by atomic mass is 32.2. The number of nitrogens with zero attached hydrogens (tertiary/aromatic N) is 4. The minimum absolute atomic E-state index is 0.0944. The third-order valence-corrected chi connectivity index (χ3v) is 5.25. The van der Waals surface area contributed by atoms with Crippen LogP contribution in [0.1, 0.15) is 38.6 Å². The van der Waals surface area contributed by atoms with Crippen molar-refractivity contribution in [1.29, 1.82) is 0 Å². The lowest BCUT2D eigenvalue weighted by molar-refractivity contribution is 0.597. The first-order chi connectivity index (χ1) is 13.3. The summed E-state index contributed by atoms with van der Waals surface area (Å²) in [6, 6.07) is 6.70. The van der Waals surface area contributed by atoms with Gasteiger partial charge in [-0.05, 0) is 31.0 Å². The largest absolute Gasteiger partial charge is 0.355 e. The molecule has 0 saturated carbocycles. The van der Waals surface area contributed by atoms with Crippen molar-refractivity contribution >= 4 is 16.0 Å². The van der Waals surface area contributed by atoms with Crippen LogP contribution in [0.4, 0.5) is 0 Å². The Labute approximate surface area is 166 Å². The average molecular weight is 408 g/mol. The van der Waals surface area contributed by atoms with Gasteiger partial charge in [-0.25, -0.2) is 18.5 Å². The summed E-state index contributed by atoms with van der Waals surface area (Å²) in [6.07, 6.45) is 3.53. The molecule has 1 aromatic carbocycles. The van der Waals surface area contributed by atoms with Crippen LogP contribution in [0.3, 0.4) is 0 Å². The van der Waals surface area contributed by atoms with E-state index in [4.69, 9.17) is 5.14 Å². The molecule has 0 amide bonds. The molecular formula is C18H29N7O2S. The third-order valence-electron chi connectivity index (χ3n) is 4.32. The zero-order valence-electron chi connectivity index (χ0n) is 16.6. The summed E-state index contributed by atoms with van der Waals surface area (Å²) >= 11 is 0. The van der Waals surface area contributed by atoms with Crippen molar-refractivity contribution in [3.63, 3.8) is 0 Å². The van der Waals surface area contributed by atoms with Crippen molar-refractivity contribution in [1.82, 2.24) is 25.4 Å². The van der Waals surface area contributed by atoms with E-state index in [-0.39, 0.29) is 10.9 Å². The Balaban J connectivity index is 2.00. The SMILES string of the molecule is CCc1nncn1CCNC(=NCc1ccc(S(N)(=O)=O)cc1)NC(C)CC. The molecule has 154 valence electrons. The fraction of sp³-hybridized carbons (Fsp3) is 0.500. The molecule has 0 radical (unpaired) electrons. The number of nitrogens with two attached hydrogens (primary N) is 1. The van der Waals surface area contributed by atoms with Gasteiger partial charge in [0.15, 0.2) is 5.96 Å². The maximum atomic E-state index is 11.3. The quantitative estimate of drug-likeness (QED) is 0.421. The van der Waals surface area contributed by atoms with Gasteiger partial charge in [0, 0.05) is 25.6 Å². The van der Waals surface area contributed by atoms with Crippen LogP contribution in [-0.2, 0) is 29.5 Å². The van der Waals surface area contributed by atoms with Crippen molar-refractivity contribution in [2.75, 3.05) is 6.54 Å². The number of guanidine groups is 1.